The second-order valence-corrected chi connectivity index (χ2v) is 5.08. The van der Waals surface area contributed by atoms with E-state index in [0.717, 1.165) is 19.7 Å². The molecule has 0 bridgehead atoms. The number of benzene rings is 1. The summed E-state index contributed by atoms with van der Waals surface area (Å²) in [4.78, 5) is 2.51. The van der Waals surface area contributed by atoms with Gasteiger partial charge in [0.2, 0.25) is 0 Å². The zero-order valence-electron chi connectivity index (χ0n) is 12.7. The normalized spacial score (nSPS) is 14.4. The molecule has 0 fully saturated rings. The number of methoxy groups -OCH3 is 1. The Bertz CT molecular complexity index is 329. The first kappa shape index (κ1) is 16.0. The molecular formula is C16H28N2O. The van der Waals surface area contributed by atoms with Crippen molar-refractivity contribution in [2.45, 2.75) is 39.3 Å². The summed E-state index contributed by atoms with van der Waals surface area (Å²) in [6.45, 7) is 9.54. The molecule has 3 heteroatoms. The molecule has 2 unspecified atom stereocenters. The smallest absolute Gasteiger partial charge is 0.0589 e. The van der Waals surface area contributed by atoms with Gasteiger partial charge in [0.05, 0.1) is 6.61 Å². The quantitative estimate of drug-likeness (QED) is 0.741. The van der Waals surface area contributed by atoms with E-state index in [1.54, 1.807) is 7.11 Å². The van der Waals surface area contributed by atoms with Crippen molar-refractivity contribution in [1.29, 1.82) is 0 Å². The van der Waals surface area contributed by atoms with Crippen LogP contribution in [0.2, 0.25) is 0 Å². The zero-order valence-corrected chi connectivity index (χ0v) is 12.7. The Hall–Kier alpha value is -1.06. The molecular weight excluding hydrogens is 236 g/mol. The van der Waals surface area contributed by atoms with Gasteiger partial charge >= 0.3 is 0 Å². The largest absolute Gasteiger partial charge is 0.383 e. The van der Waals surface area contributed by atoms with Crippen LogP contribution in [0, 0.1) is 0 Å². The number of nitrogens with zero attached hydrogens (tertiary/aromatic N) is 1. The summed E-state index contributed by atoms with van der Waals surface area (Å²) in [5.74, 6) is 0. The van der Waals surface area contributed by atoms with E-state index in [2.05, 4.69) is 55.3 Å². The third-order valence-corrected chi connectivity index (χ3v) is 3.65. The summed E-state index contributed by atoms with van der Waals surface area (Å²) >= 11 is 0. The average molecular weight is 264 g/mol. The predicted octanol–water partition coefficient (Wildman–Crippen LogP) is 3.23. The van der Waals surface area contributed by atoms with Crippen molar-refractivity contribution in [1.82, 2.24) is 4.90 Å². The molecule has 19 heavy (non-hydrogen) atoms. The lowest BCUT2D eigenvalue weighted by molar-refractivity contribution is 0.0981. The van der Waals surface area contributed by atoms with Crippen molar-refractivity contribution >= 4 is 5.69 Å². The van der Waals surface area contributed by atoms with Gasteiger partial charge in [-0.3, -0.25) is 4.90 Å². The van der Waals surface area contributed by atoms with Crippen molar-refractivity contribution in [2.75, 3.05) is 32.1 Å². The topological polar surface area (TPSA) is 24.5 Å². The number of hydrogen-bond donors (Lipinski definition) is 1. The van der Waals surface area contributed by atoms with Gasteiger partial charge < -0.3 is 10.1 Å². The van der Waals surface area contributed by atoms with Gasteiger partial charge in [-0.1, -0.05) is 25.1 Å². The van der Waals surface area contributed by atoms with Crippen LogP contribution in [-0.4, -0.2) is 43.8 Å². The summed E-state index contributed by atoms with van der Waals surface area (Å²) in [6, 6.07) is 11.5. The van der Waals surface area contributed by atoms with E-state index in [1.165, 1.54) is 12.1 Å². The number of hydrogen-bond acceptors (Lipinski definition) is 3. The number of rotatable bonds is 9. The summed E-state index contributed by atoms with van der Waals surface area (Å²) in [7, 11) is 1.77. The molecule has 0 radical (unpaired) electrons. The number of nitrogens with one attached hydrogen (secondary N) is 1. The minimum atomic E-state index is 0.491. The van der Waals surface area contributed by atoms with E-state index in [0.29, 0.717) is 12.1 Å². The third kappa shape index (κ3) is 5.62. The summed E-state index contributed by atoms with van der Waals surface area (Å²) in [5, 5.41) is 3.50. The summed E-state index contributed by atoms with van der Waals surface area (Å²) in [5.41, 5.74) is 1.19. The van der Waals surface area contributed by atoms with Gasteiger partial charge in [0.15, 0.2) is 0 Å². The van der Waals surface area contributed by atoms with Crippen molar-refractivity contribution < 1.29 is 4.74 Å². The standard InChI is InChI=1S/C16H28N2O/c1-5-14(2)18(11-12-19-4)15(3)13-17-16-9-7-6-8-10-16/h6-10,14-15,17H,5,11-13H2,1-4H3. The van der Waals surface area contributed by atoms with Crippen LogP contribution in [0.15, 0.2) is 30.3 Å². The molecule has 0 spiro atoms. The van der Waals surface area contributed by atoms with E-state index in [9.17, 15) is 0 Å². The molecule has 0 saturated carbocycles. The van der Waals surface area contributed by atoms with Crippen LogP contribution >= 0.6 is 0 Å². The second-order valence-electron chi connectivity index (χ2n) is 5.08. The number of anilines is 1. The molecule has 1 rings (SSSR count). The zero-order chi connectivity index (χ0) is 14.1. The average Bonchev–Trinajstić information content (AvgIpc) is 2.46. The van der Waals surface area contributed by atoms with E-state index in [1.807, 2.05) is 6.07 Å². The Morgan fingerprint density at radius 1 is 1.16 bits per heavy atom. The summed E-state index contributed by atoms with van der Waals surface area (Å²) in [6.07, 6.45) is 1.17. The maximum absolute atomic E-state index is 5.22. The molecule has 1 aromatic carbocycles. The fraction of sp³-hybridized carbons (Fsp3) is 0.625. The molecule has 0 aliphatic carbocycles. The van der Waals surface area contributed by atoms with Gasteiger partial charge in [-0.2, -0.15) is 0 Å². The first-order valence-electron chi connectivity index (χ1n) is 7.22. The van der Waals surface area contributed by atoms with Gasteiger partial charge in [-0.25, -0.2) is 0 Å². The van der Waals surface area contributed by atoms with Crippen LogP contribution in [-0.2, 0) is 4.74 Å². The highest BCUT2D eigenvalue weighted by Gasteiger charge is 2.18. The number of ether oxygens (including phenoxy) is 1. The Labute approximate surface area is 118 Å². The molecule has 0 aromatic heterocycles. The van der Waals surface area contributed by atoms with Crippen molar-refractivity contribution in [3.05, 3.63) is 30.3 Å². The lowest BCUT2D eigenvalue weighted by Crippen LogP contribution is -2.45. The van der Waals surface area contributed by atoms with Crippen LogP contribution in [0.3, 0.4) is 0 Å². The minimum absolute atomic E-state index is 0.491. The van der Waals surface area contributed by atoms with Crippen LogP contribution in [0.25, 0.3) is 0 Å². The third-order valence-electron chi connectivity index (χ3n) is 3.65. The molecule has 0 aliphatic rings. The molecule has 0 aliphatic heterocycles. The van der Waals surface area contributed by atoms with E-state index < -0.39 is 0 Å². The molecule has 0 heterocycles. The minimum Gasteiger partial charge on any atom is -0.383 e. The Morgan fingerprint density at radius 3 is 2.42 bits per heavy atom. The predicted molar refractivity (Wildman–Crippen MR) is 82.7 cm³/mol. The Morgan fingerprint density at radius 2 is 1.84 bits per heavy atom. The second kappa shape index (κ2) is 8.94. The first-order chi connectivity index (χ1) is 9.19. The van der Waals surface area contributed by atoms with Crippen LogP contribution in [0.1, 0.15) is 27.2 Å². The Kier molecular flexibility index (Phi) is 7.53. The fourth-order valence-corrected chi connectivity index (χ4v) is 2.25. The maximum Gasteiger partial charge on any atom is 0.0589 e. The maximum atomic E-state index is 5.22. The first-order valence-corrected chi connectivity index (χ1v) is 7.22. The van der Waals surface area contributed by atoms with Crippen LogP contribution in [0.5, 0.6) is 0 Å². The monoisotopic (exact) mass is 264 g/mol. The van der Waals surface area contributed by atoms with E-state index >= 15 is 0 Å². The lowest BCUT2D eigenvalue weighted by Gasteiger charge is -2.34. The fourth-order valence-electron chi connectivity index (χ4n) is 2.25. The molecule has 3 nitrogen and oxygen atoms in total. The molecule has 1 N–H and O–H groups in total. The highest BCUT2D eigenvalue weighted by atomic mass is 16.5. The van der Waals surface area contributed by atoms with Crippen LogP contribution in [0.4, 0.5) is 5.69 Å². The highest BCUT2D eigenvalue weighted by Crippen LogP contribution is 2.11. The molecule has 108 valence electrons. The van der Waals surface area contributed by atoms with E-state index in [4.69, 9.17) is 4.74 Å². The van der Waals surface area contributed by atoms with Gasteiger partial charge in [0.1, 0.15) is 0 Å². The molecule has 0 amide bonds. The summed E-state index contributed by atoms with van der Waals surface area (Å²) < 4.78 is 5.22. The molecule has 0 saturated heterocycles. The molecule has 1 aromatic rings. The number of para-hydroxylation sites is 1. The molecule has 2 atom stereocenters. The SMILES string of the molecule is CCC(C)N(CCOC)C(C)CNc1ccccc1. The van der Waals surface area contributed by atoms with Gasteiger partial charge in [-0.05, 0) is 32.4 Å². The van der Waals surface area contributed by atoms with Crippen molar-refractivity contribution in [2.24, 2.45) is 0 Å². The van der Waals surface area contributed by atoms with Gasteiger partial charge in [0, 0.05) is 38.0 Å². The van der Waals surface area contributed by atoms with Crippen molar-refractivity contribution in [3.63, 3.8) is 0 Å². The van der Waals surface area contributed by atoms with Crippen LogP contribution < -0.4 is 5.32 Å². The van der Waals surface area contributed by atoms with Gasteiger partial charge in [0.25, 0.3) is 0 Å². The van der Waals surface area contributed by atoms with E-state index in [-0.39, 0.29) is 0 Å². The highest BCUT2D eigenvalue weighted by molar-refractivity contribution is 5.42. The van der Waals surface area contributed by atoms with Gasteiger partial charge in [-0.15, -0.1) is 0 Å². The van der Waals surface area contributed by atoms with Crippen molar-refractivity contribution in [3.8, 4) is 0 Å². The lowest BCUT2D eigenvalue weighted by atomic mass is 10.1. The Balaban J connectivity index is 2.48.